The molecular weight excluding hydrogens is 222 g/mol. The molecule has 0 bridgehead atoms. The molecule has 2 aromatic rings. The van der Waals surface area contributed by atoms with Gasteiger partial charge in [0.2, 0.25) is 0 Å². The Morgan fingerprint density at radius 1 is 1.06 bits per heavy atom. The molecule has 0 radical (unpaired) electrons. The lowest BCUT2D eigenvalue weighted by Crippen LogP contribution is -2.24. The first-order chi connectivity index (χ1) is 8.61. The number of rotatable bonds is 5. The summed E-state index contributed by atoms with van der Waals surface area (Å²) in [6.07, 6.45) is 0.813. The monoisotopic (exact) mass is 243 g/mol. The second kappa shape index (κ2) is 5.40. The van der Waals surface area contributed by atoms with Crippen molar-refractivity contribution < 1.29 is 5.11 Å². The van der Waals surface area contributed by atoms with Crippen LogP contribution in [0.1, 0.15) is 20.3 Å². The van der Waals surface area contributed by atoms with Gasteiger partial charge in [0, 0.05) is 18.8 Å². The molecular formula is C16H21NO. The van der Waals surface area contributed by atoms with E-state index in [2.05, 4.69) is 61.6 Å². The molecule has 0 fully saturated rings. The van der Waals surface area contributed by atoms with Crippen molar-refractivity contribution in [2.45, 2.75) is 20.3 Å². The standard InChI is InChI=1S/C16H21NO/c1-16(2,9-10-18)12-17-15-8-7-13-5-3-4-6-14(13)11-15/h3-8,11,17-18H,9-10,12H2,1-2H3. The lowest BCUT2D eigenvalue weighted by Gasteiger charge is -2.24. The molecule has 0 aliphatic heterocycles. The first-order valence-electron chi connectivity index (χ1n) is 6.44. The van der Waals surface area contributed by atoms with Crippen molar-refractivity contribution >= 4 is 16.5 Å². The van der Waals surface area contributed by atoms with Gasteiger partial charge in [-0.3, -0.25) is 0 Å². The fourth-order valence-electron chi connectivity index (χ4n) is 2.03. The summed E-state index contributed by atoms with van der Waals surface area (Å²) >= 11 is 0. The van der Waals surface area contributed by atoms with Gasteiger partial charge in [0.1, 0.15) is 0 Å². The van der Waals surface area contributed by atoms with Crippen molar-refractivity contribution in [3.63, 3.8) is 0 Å². The third-order valence-corrected chi connectivity index (χ3v) is 3.31. The van der Waals surface area contributed by atoms with Crippen LogP contribution in [-0.4, -0.2) is 18.3 Å². The highest BCUT2D eigenvalue weighted by Crippen LogP contribution is 2.23. The maximum atomic E-state index is 9.01. The number of benzene rings is 2. The molecule has 0 saturated heterocycles. The molecule has 0 aliphatic carbocycles. The minimum atomic E-state index is 0.112. The molecule has 0 atom stereocenters. The molecule has 2 rings (SSSR count). The van der Waals surface area contributed by atoms with Crippen LogP contribution in [0.15, 0.2) is 42.5 Å². The second-order valence-electron chi connectivity index (χ2n) is 5.55. The Hall–Kier alpha value is -1.54. The van der Waals surface area contributed by atoms with E-state index in [0.29, 0.717) is 0 Å². The number of nitrogens with one attached hydrogen (secondary N) is 1. The van der Waals surface area contributed by atoms with Crippen LogP contribution in [0.2, 0.25) is 0 Å². The third-order valence-electron chi connectivity index (χ3n) is 3.31. The number of hydrogen-bond donors (Lipinski definition) is 2. The van der Waals surface area contributed by atoms with E-state index >= 15 is 0 Å². The third kappa shape index (κ3) is 3.23. The molecule has 0 spiro atoms. The first kappa shape index (κ1) is 12.9. The van der Waals surface area contributed by atoms with Crippen LogP contribution in [0.4, 0.5) is 5.69 Å². The minimum absolute atomic E-state index is 0.112. The van der Waals surface area contributed by atoms with Crippen molar-refractivity contribution in [2.75, 3.05) is 18.5 Å². The molecule has 2 aromatic carbocycles. The summed E-state index contributed by atoms with van der Waals surface area (Å²) < 4.78 is 0. The molecule has 2 N–H and O–H groups in total. The topological polar surface area (TPSA) is 32.3 Å². The molecule has 0 saturated carbocycles. The van der Waals surface area contributed by atoms with Gasteiger partial charge >= 0.3 is 0 Å². The van der Waals surface area contributed by atoms with Crippen LogP contribution in [0.3, 0.4) is 0 Å². The quantitative estimate of drug-likeness (QED) is 0.840. The number of aliphatic hydroxyl groups excluding tert-OH is 1. The Bertz CT molecular complexity index is 519. The zero-order valence-electron chi connectivity index (χ0n) is 11.1. The molecule has 18 heavy (non-hydrogen) atoms. The van der Waals surface area contributed by atoms with E-state index in [-0.39, 0.29) is 12.0 Å². The first-order valence-corrected chi connectivity index (χ1v) is 6.44. The van der Waals surface area contributed by atoms with Crippen LogP contribution in [-0.2, 0) is 0 Å². The van der Waals surface area contributed by atoms with Gasteiger partial charge in [0.25, 0.3) is 0 Å². The predicted molar refractivity (Wildman–Crippen MR) is 77.9 cm³/mol. The maximum Gasteiger partial charge on any atom is 0.0436 e. The molecule has 0 unspecified atom stereocenters. The molecule has 0 amide bonds. The van der Waals surface area contributed by atoms with Gasteiger partial charge in [-0.05, 0) is 34.7 Å². The van der Waals surface area contributed by atoms with Crippen molar-refractivity contribution in [3.8, 4) is 0 Å². The van der Waals surface area contributed by atoms with Crippen LogP contribution >= 0.6 is 0 Å². The highest BCUT2D eigenvalue weighted by atomic mass is 16.3. The average molecular weight is 243 g/mol. The van der Waals surface area contributed by atoms with Crippen LogP contribution < -0.4 is 5.32 Å². The van der Waals surface area contributed by atoms with Crippen molar-refractivity contribution in [1.82, 2.24) is 0 Å². The van der Waals surface area contributed by atoms with Gasteiger partial charge in [0.15, 0.2) is 0 Å². The summed E-state index contributed by atoms with van der Waals surface area (Å²) in [6.45, 7) is 5.44. The van der Waals surface area contributed by atoms with E-state index in [0.717, 1.165) is 18.7 Å². The van der Waals surface area contributed by atoms with Gasteiger partial charge < -0.3 is 10.4 Å². The number of aliphatic hydroxyl groups is 1. The largest absolute Gasteiger partial charge is 0.396 e. The summed E-state index contributed by atoms with van der Waals surface area (Å²) in [4.78, 5) is 0. The van der Waals surface area contributed by atoms with Gasteiger partial charge in [-0.25, -0.2) is 0 Å². The lowest BCUT2D eigenvalue weighted by atomic mass is 9.89. The molecule has 2 heteroatoms. The van der Waals surface area contributed by atoms with E-state index in [1.807, 2.05) is 0 Å². The second-order valence-corrected chi connectivity index (χ2v) is 5.55. The zero-order chi connectivity index (χ0) is 13.0. The summed E-state index contributed by atoms with van der Waals surface area (Å²) in [5, 5.41) is 15.0. The van der Waals surface area contributed by atoms with Crippen molar-refractivity contribution in [1.29, 1.82) is 0 Å². The average Bonchev–Trinajstić information content (AvgIpc) is 2.36. The predicted octanol–water partition coefficient (Wildman–Crippen LogP) is 3.66. The molecule has 0 aliphatic rings. The lowest BCUT2D eigenvalue weighted by molar-refractivity contribution is 0.220. The number of hydrogen-bond acceptors (Lipinski definition) is 2. The Kier molecular flexibility index (Phi) is 3.87. The van der Waals surface area contributed by atoms with Gasteiger partial charge in [-0.2, -0.15) is 0 Å². The smallest absolute Gasteiger partial charge is 0.0436 e. The molecule has 0 heterocycles. The Labute approximate surface area is 109 Å². The van der Waals surface area contributed by atoms with Crippen LogP contribution in [0.25, 0.3) is 10.8 Å². The molecule has 96 valence electrons. The normalized spacial score (nSPS) is 11.7. The van der Waals surface area contributed by atoms with Crippen LogP contribution in [0, 0.1) is 5.41 Å². The summed E-state index contributed by atoms with van der Waals surface area (Å²) in [5.41, 5.74) is 1.25. The van der Waals surface area contributed by atoms with E-state index in [9.17, 15) is 0 Å². The van der Waals surface area contributed by atoms with E-state index in [1.165, 1.54) is 10.8 Å². The molecule has 2 nitrogen and oxygen atoms in total. The van der Waals surface area contributed by atoms with Gasteiger partial charge in [-0.1, -0.05) is 44.2 Å². The fourth-order valence-corrected chi connectivity index (χ4v) is 2.03. The molecule has 0 aromatic heterocycles. The van der Waals surface area contributed by atoms with E-state index in [1.54, 1.807) is 0 Å². The van der Waals surface area contributed by atoms with Crippen molar-refractivity contribution in [2.24, 2.45) is 5.41 Å². The Morgan fingerprint density at radius 2 is 1.78 bits per heavy atom. The fraction of sp³-hybridized carbons (Fsp3) is 0.375. The van der Waals surface area contributed by atoms with Crippen LogP contribution in [0.5, 0.6) is 0 Å². The summed E-state index contributed by atoms with van der Waals surface area (Å²) in [5.74, 6) is 0. The van der Waals surface area contributed by atoms with E-state index in [4.69, 9.17) is 5.11 Å². The highest BCUT2D eigenvalue weighted by molar-refractivity contribution is 5.85. The summed E-state index contributed by atoms with van der Waals surface area (Å²) in [7, 11) is 0. The number of anilines is 1. The SMILES string of the molecule is CC(C)(CCO)CNc1ccc2ccccc2c1. The zero-order valence-corrected chi connectivity index (χ0v) is 11.1. The van der Waals surface area contributed by atoms with Gasteiger partial charge in [0.05, 0.1) is 0 Å². The Morgan fingerprint density at radius 3 is 2.50 bits per heavy atom. The van der Waals surface area contributed by atoms with Crippen molar-refractivity contribution in [3.05, 3.63) is 42.5 Å². The van der Waals surface area contributed by atoms with Gasteiger partial charge in [-0.15, -0.1) is 0 Å². The number of fused-ring (bicyclic) bond motifs is 1. The summed E-state index contributed by atoms with van der Waals surface area (Å²) in [6, 6.07) is 14.8. The maximum absolute atomic E-state index is 9.01. The van der Waals surface area contributed by atoms with E-state index < -0.39 is 0 Å². The highest BCUT2D eigenvalue weighted by Gasteiger charge is 2.16. The Balaban J connectivity index is 2.08. The minimum Gasteiger partial charge on any atom is -0.396 e.